The number of carbonyl (C=O) groups is 2. The van der Waals surface area contributed by atoms with Gasteiger partial charge >= 0.3 is 5.97 Å². The summed E-state index contributed by atoms with van der Waals surface area (Å²) in [6, 6.07) is 3.68. The number of rotatable bonds is 4. The first-order valence-corrected chi connectivity index (χ1v) is 7.20. The SMILES string of the molecule is N#Cc1ccsc1NC(=O)CN1CCC(C(=O)O)CC1. The standard InChI is InChI=1S/C13H15N3O3S/c14-7-10-3-6-20-12(10)15-11(17)8-16-4-1-9(2-5-16)13(18)19/h3,6,9H,1-2,4-5,8H2,(H,15,17)(H,18,19). The van der Waals surface area contributed by atoms with E-state index < -0.39 is 5.97 Å². The molecule has 2 rings (SSSR count). The normalized spacial score (nSPS) is 16.6. The summed E-state index contributed by atoms with van der Waals surface area (Å²) in [5.41, 5.74) is 0.466. The van der Waals surface area contributed by atoms with Gasteiger partial charge in [0.25, 0.3) is 0 Å². The number of carbonyl (C=O) groups excluding carboxylic acids is 1. The summed E-state index contributed by atoms with van der Waals surface area (Å²) >= 11 is 1.32. The van der Waals surface area contributed by atoms with Crippen LogP contribution in [0.2, 0.25) is 0 Å². The summed E-state index contributed by atoms with van der Waals surface area (Å²) in [5, 5.41) is 22.8. The molecule has 20 heavy (non-hydrogen) atoms. The molecule has 2 N–H and O–H groups in total. The number of hydrogen-bond donors (Lipinski definition) is 2. The molecular weight excluding hydrogens is 278 g/mol. The van der Waals surface area contributed by atoms with Crippen molar-refractivity contribution in [2.75, 3.05) is 25.0 Å². The molecule has 0 spiro atoms. The number of nitrogens with zero attached hydrogens (tertiary/aromatic N) is 2. The molecule has 1 aliphatic heterocycles. The predicted octanol–water partition coefficient (Wildman–Crippen LogP) is 1.35. The molecular formula is C13H15N3O3S. The summed E-state index contributed by atoms with van der Waals surface area (Å²) in [6.45, 7) is 1.45. The lowest BCUT2D eigenvalue weighted by Crippen LogP contribution is -2.40. The predicted molar refractivity (Wildman–Crippen MR) is 74.5 cm³/mol. The van der Waals surface area contributed by atoms with Crippen LogP contribution in [0, 0.1) is 17.2 Å². The number of hydrogen-bond acceptors (Lipinski definition) is 5. The van der Waals surface area contributed by atoms with E-state index in [0.29, 0.717) is 36.5 Å². The van der Waals surface area contributed by atoms with Crippen LogP contribution in [0.15, 0.2) is 11.4 Å². The van der Waals surface area contributed by atoms with Crippen LogP contribution < -0.4 is 5.32 Å². The third-order valence-corrected chi connectivity index (χ3v) is 4.17. The topological polar surface area (TPSA) is 93.4 Å². The zero-order chi connectivity index (χ0) is 14.5. The van der Waals surface area contributed by atoms with Crippen molar-refractivity contribution in [1.82, 2.24) is 4.90 Å². The molecule has 0 unspecified atom stereocenters. The monoisotopic (exact) mass is 293 g/mol. The average molecular weight is 293 g/mol. The molecule has 1 aromatic rings. The van der Waals surface area contributed by atoms with E-state index in [9.17, 15) is 9.59 Å². The van der Waals surface area contributed by atoms with Crippen LogP contribution in [0.1, 0.15) is 18.4 Å². The molecule has 6 nitrogen and oxygen atoms in total. The molecule has 0 aromatic carbocycles. The number of thiophene rings is 1. The van der Waals surface area contributed by atoms with Crippen molar-refractivity contribution < 1.29 is 14.7 Å². The van der Waals surface area contributed by atoms with Gasteiger partial charge in [-0.25, -0.2) is 0 Å². The number of carboxylic acid groups (broad SMARTS) is 1. The summed E-state index contributed by atoms with van der Waals surface area (Å²) in [6.07, 6.45) is 1.15. The number of likely N-dealkylation sites (tertiary alicyclic amines) is 1. The Balaban J connectivity index is 1.82. The van der Waals surface area contributed by atoms with Crippen molar-refractivity contribution in [2.24, 2.45) is 5.92 Å². The fraction of sp³-hybridized carbons (Fsp3) is 0.462. The van der Waals surface area contributed by atoms with Gasteiger partial charge < -0.3 is 10.4 Å². The van der Waals surface area contributed by atoms with E-state index in [1.165, 1.54) is 11.3 Å². The third kappa shape index (κ3) is 3.56. The van der Waals surface area contributed by atoms with Crippen molar-refractivity contribution in [3.63, 3.8) is 0 Å². The van der Waals surface area contributed by atoms with Crippen molar-refractivity contribution in [3.8, 4) is 6.07 Å². The summed E-state index contributed by atoms with van der Waals surface area (Å²) < 4.78 is 0. The lowest BCUT2D eigenvalue weighted by Gasteiger charge is -2.29. The van der Waals surface area contributed by atoms with Gasteiger partial charge in [-0.15, -0.1) is 11.3 Å². The van der Waals surface area contributed by atoms with Gasteiger partial charge in [-0.3, -0.25) is 14.5 Å². The van der Waals surface area contributed by atoms with E-state index in [2.05, 4.69) is 5.32 Å². The highest BCUT2D eigenvalue weighted by atomic mass is 32.1. The van der Waals surface area contributed by atoms with Crippen LogP contribution in [0.25, 0.3) is 0 Å². The quantitative estimate of drug-likeness (QED) is 0.874. The molecule has 1 aliphatic rings. The van der Waals surface area contributed by atoms with Gasteiger partial charge in [0.2, 0.25) is 5.91 Å². The molecule has 0 saturated carbocycles. The van der Waals surface area contributed by atoms with E-state index in [1.54, 1.807) is 11.4 Å². The van der Waals surface area contributed by atoms with Crippen LogP contribution >= 0.6 is 11.3 Å². The van der Waals surface area contributed by atoms with Gasteiger partial charge in [0.1, 0.15) is 11.1 Å². The Morgan fingerprint density at radius 3 is 2.80 bits per heavy atom. The van der Waals surface area contributed by atoms with Crippen molar-refractivity contribution in [1.29, 1.82) is 5.26 Å². The number of nitriles is 1. The number of carboxylic acids is 1. The molecule has 0 bridgehead atoms. The fourth-order valence-electron chi connectivity index (χ4n) is 2.20. The molecule has 1 aromatic heterocycles. The van der Waals surface area contributed by atoms with E-state index in [0.717, 1.165) is 0 Å². The molecule has 1 amide bonds. The Hall–Kier alpha value is -1.91. The third-order valence-electron chi connectivity index (χ3n) is 3.34. The molecule has 2 heterocycles. The zero-order valence-corrected chi connectivity index (χ0v) is 11.7. The minimum absolute atomic E-state index is 0.169. The Morgan fingerprint density at radius 2 is 2.20 bits per heavy atom. The second-order valence-electron chi connectivity index (χ2n) is 4.71. The fourth-order valence-corrected chi connectivity index (χ4v) is 2.96. The van der Waals surface area contributed by atoms with Crippen molar-refractivity contribution in [3.05, 3.63) is 17.0 Å². The molecule has 0 radical (unpaired) electrons. The second kappa shape index (κ2) is 6.50. The van der Waals surface area contributed by atoms with Crippen LogP contribution in [0.4, 0.5) is 5.00 Å². The Kier molecular flexibility index (Phi) is 4.71. The van der Waals surface area contributed by atoms with Gasteiger partial charge in [-0.05, 0) is 37.4 Å². The largest absolute Gasteiger partial charge is 0.481 e. The molecule has 1 saturated heterocycles. The summed E-state index contributed by atoms with van der Waals surface area (Å²) in [4.78, 5) is 24.7. The van der Waals surface area contributed by atoms with Crippen molar-refractivity contribution in [2.45, 2.75) is 12.8 Å². The molecule has 1 fully saturated rings. The minimum atomic E-state index is -0.758. The van der Waals surface area contributed by atoms with E-state index in [4.69, 9.17) is 10.4 Å². The smallest absolute Gasteiger partial charge is 0.306 e. The number of amides is 1. The van der Waals surface area contributed by atoms with Crippen LogP contribution in [0.5, 0.6) is 0 Å². The first kappa shape index (κ1) is 14.5. The summed E-state index contributed by atoms with van der Waals surface area (Å²) in [5.74, 6) is -1.22. The maximum Gasteiger partial charge on any atom is 0.306 e. The second-order valence-corrected chi connectivity index (χ2v) is 5.63. The molecule has 0 atom stereocenters. The lowest BCUT2D eigenvalue weighted by atomic mass is 9.97. The van der Waals surface area contributed by atoms with Gasteiger partial charge in [0, 0.05) is 0 Å². The highest BCUT2D eigenvalue weighted by Crippen LogP contribution is 2.22. The number of nitrogens with one attached hydrogen (secondary N) is 1. The average Bonchev–Trinajstić information content (AvgIpc) is 2.86. The Labute approximate surface area is 120 Å². The number of anilines is 1. The van der Waals surface area contributed by atoms with Gasteiger partial charge in [0.05, 0.1) is 18.0 Å². The van der Waals surface area contributed by atoms with Gasteiger partial charge in [0.15, 0.2) is 0 Å². The van der Waals surface area contributed by atoms with Crippen LogP contribution in [-0.2, 0) is 9.59 Å². The van der Waals surface area contributed by atoms with Crippen LogP contribution in [0.3, 0.4) is 0 Å². The van der Waals surface area contributed by atoms with E-state index in [-0.39, 0.29) is 18.4 Å². The molecule has 7 heteroatoms. The Bertz CT molecular complexity index is 541. The van der Waals surface area contributed by atoms with E-state index in [1.807, 2.05) is 11.0 Å². The van der Waals surface area contributed by atoms with Crippen molar-refractivity contribution >= 4 is 28.2 Å². The highest BCUT2D eigenvalue weighted by molar-refractivity contribution is 7.14. The van der Waals surface area contributed by atoms with Gasteiger partial charge in [-0.2, -0.15) is 5.26 Å². The first-order chi connectivity index (χ1) is 9.60. The lowest BCUT2D eigenvalue weighted by molar-refractivity contribution is -0.143. The molecule has 106 valence electrons. The van der Waals surface area contributed by atoms with E-state index >= 15 is 0 Å². The zero-order valence-electron chi connectivity index (χ0n) is 10.8. The highest BCUT2D eigenvalue weighted by Gasteiger charge is 2.25. The summed E-state index contributed by atoms with van der Waals surface area (Å²) in [7, 11) is 0. The van der Waals surface area contributed by atoms with Crippen LogP contribution in [-0.4, -0.2) is 41.5 Å². The number of piperidine rings is 1. The maximum atomic E-state index is 11.9. The first-order valence-electron chi connectivity index (χ1n) is 6.32. The molecule has 0 aliphatic carbocycles. The van der Waals surface area contributed by atoms with Gasteiger partial charge in [-0.1, -0.05) is 0 Å². The minimum Gasteiger partial charge on any atom is -0.481 e. The maximum absolute atomic E-state index is 11.9. The number of aliphatic carboxylic acids is 1. The Morgan fingerprint density at radius 1 is 1.50 bits per heavy atom.